The summed E-state index contributed by atoms with van der Waals surface area (Å²) in [4.78, 5) is 0. The van der Waals surface area contributed by atoms with Gasteiger partial charge in [0.15, 0.2) is 0 Å². The fraction of sp³-hybridized carbons (Fsp3) is 0.143. The van der Waals surface area contributed by atoms with Crippen LogP contribution >= 0.6 is 0 Å². The molecule has 0 saturated carbocycles. The minimum absolute atomic E-state index is 0.555. The normalized spacial score (nSPS) is 9.29. The summed E-state index contributed by atoms with van der Waals surface area (Å²) in [5.41, 5.74) is 0.555. The third kappa shape index (κ3) is 5.22. The van der Waals surface area contributed by atoms with Crippen LogP contribution < -0.4 is 0 Å². The lowest BCUT2D eigenvalue weighted by atomic mass is 10.3. The Balaban J connectivity index is 3.46. The van der Waals surface area contributed by atoms with Gasteiger partial charge in [0, 0.05) is 0 Å². The molecule has 0 aromatic heterocycles. The summed E-state index contributed by atoms with van der Waals surface area (Å²) in [7, 11) is 0. The van der Waals surface area contributed by atoms with E-state index < -0.39 is 0 Å². The first-order valence-corrected chi connectivity index (χ1v) is 2.11. The van der Waals surface area contributed by atoms with E-state index in [-0.39, 0.29) is 0 Å². The molecule has 0 unspecified atom stereocenters. The molecule has 7 heavy (non-hydrogen) atoms. The SMILES string of the molecule is [C]=C(C)C=CC=C. The molecule has 2 radical (unpaired) electrons. The van der Waals surface area contributed by atoms with Crippen LogP contribution in [0.15, 0.2) is 30.4 Å². The molecule has 0 atom stereocenters. The fourth-order valence-corrected chi connectivity index (χ4v) is 0.212. The second kappa shape index (κ2) is 3.41. The molecule has 0 spiro atoms. The van der Waals surface area contributed by atoms with E-state index in [1.807, 2.05) is 0 Å². The van der Waals surface area contributed by atoms with E-state index >= 15 is 0 Å². The lowest BCUT2D eigenvalue weighted by molar-refractivity contribution is 1.55. The van der Waals surface area contributed by atoms with Gasteiger partial charge >= 0.3 is 0 Å². The monoisotopic (exact) mass is 92.1 g/mol. The van der Waals surface area contributed by atoms with E-state index in [0.29, 0.717) is 5.57 Å². The van der Waals surface area contributed by atoms with Gasteiger partial charge in [0.1, 0.15) is 0 Å². The zero-order chi connectivity index (χ0) is 5.70. The predicted molar refractivity (Wildman–Crippen MR) is 31.8 cm³/mol. The summed E-state index contributed by atoms with van der Waals surface area (Å²) >= 11 is 0. The van der Waals surface area contributed by atoms with Gasteiger partial charge in [0.05, 0.1) is 0 Å². The summed E-state index contributed by atoms with van der Waals surface area (Å²) in [5, 5.41) is 0. The Kier molecular flexibility index (Phi) is 3.03. The minimum Gasteiger partial charge on any atom is -0.0991 e. The zero-order valence-corrected chi connectivity index (χ0v) is 4.44. The van der Waals surface area contributed by atoms with Crippen LogP contribution in [0.1, 0.15) is 6.92 Å². The summed E-state index contributed by atoms with van der Waals surface area (Å²) in [6, 6.07) is 0. The van der Waals surface area contributed by atoms with Crippen molar-refractivity contribution < 1.29 is 0 Å². The summed E-state index contributed by atoms with van der Waals surface area (Å²) in [5.74, 6) is 0. The molecule has 0 aliphatic rings. The van der Waals surface area contributed by atoms with Crippen LogP contribution in [0.25, 0.3) is 0 Å². The minimum atomic E-state index is 0.555. The average molecular weight is 92.1 g/mol. The second-order valence-electron chi connectivity index (χ2n) is 1.28. The molecular formula is C7H8. The van der Waals surface area contributed by atoms with Crippen LogP contribution in [0.2, 0.25) is 0 Å². The molecule has 0 aliphatic carbocycles. The Morgan fingerprint density at radius 2 is 2.29 bits per heavy atom. The predicted octanol–water partition coefficient (Wildman–Crippen LogP) is 1.98. The van der Waals surface area contributed by atoms with Crippen molar-refractivity contribution in [1.82, 2.24) is 0 Å². The van der Waals surface area contributed by atoms with Gasteiger partial charge in [-0.3, -0.25) is 0 Å². The highest BCUT2D eigenvalue weighted by Gasteiger charge is 1.66. The van der Waals surface area contributed by atoms with E-state index in [4.69, 9.17) is 6.58 Å². The van der Waals surface area contributed by atoms with Gasteiger partial charge in [0.25, 0.3) is 0 Å². The summed E-state index contributed by atoms with van der Waals surface area (Å²) in [6.07, 6.45) is 5.08. The van der Waals surface area contributed by atoms with Gasteiger partial charge in [-0.15, -0.1) is 0 Å². The smallest absolute Gasteiger partial charge is 0.00641 e. The maximum Gasteiger partial charge on any atom is -0.00641 e. The Labute approximate surface area is 44.9 Å². The highest BCUT2D eigenvalue weighted by atomic mass is 13.7. The van der Waals surface area contributed by atoms with Gasteiger partial charge in [-0.2, -0.15) is 0 Å². The Morgan fingerprint density at radius 1 is 1.71 bits per heavy atom. The van der Waals surface area contributed by atoms with Crippen molar-refractivity contribution in [2.75, 3.05) is 0 Å². The Hall–Kier alpha value is -0.780. The molecule has 0 aromatic rings. The zero-order valence-electron chi connectivity index (χ0n) is 4.44. The molecule has 0 aliphatic heterocycles. The Morgan fingerprint density at radius 3 is 2.43 bits per heavy atom. The molecule has 0 N–H and O–H groups in total. The molecule has 0 heteroatoms. The average Bonchev–Trinajstić information content (AvgIpc) is 1.61. The fourth-order valence-electron chi connectivity index (χ4n) is 0.212. The van der Waals surface area contributed by atoms with Gasteiger partial charge in [-0.1, -0.05) is 24.8 Å². The van der Waals surface area contributed by atoms with Crippen LogP contribution in [0, 0.1) is 6.58 Å². The van der Waals surface area contributed by atoms with Crippen molar-refractivity contribution >= 4 is 0 Å². The number of rotatable bonds is 2. The molecule has 0 aromatic carbocycles. The molecule has 36 valence electrons. The van der Waals surface area contributed by atoms with Crippen molar-refractivity contribution in [3.63, 3.8) is 0 Å². The standard InChI is InChI=1S/C7H8/c1-4-5-6-7(2)3/h4-6H,1H2,2H3. The van der Waals surface area contributed by atoms with Crippen molar-refractivity contribution in [2.24, 2.45) is 0 Å². The number of allylic oxidation sites excluding steroid dienone is 4. The van der Waals surface area contributed by atoms with Crippen LogP contribution in [0.5, 0.6) is 0 Å². The first-order valence-electron chi connectivity index (χ1n) is 2.11. The van der Waals surface area contributed by atoms with Crippen molar-refractivity contribution in [2.45, 2.75) is 6.92 Å². The largest absolute Gasteiger partial charge is 0.0991 e. The number of hydrogen-bond donors (Lipinski definition) is 0. The molecule has 0 bridgehead atoms. The Bertz CT molecular complexity index is 96.6. The molecule has 0 rings (SSSR count). The quantitative estimate of drug-likeness (QED) is 0.457. The van der Waals surface area contributed by atoms with Crippen molar-refractivity contribution in [1.29, 1.82) is 0 Å². The maximum atomic E-state index is 6.86. The molecule has 0 amide bonds. The van der Waals surface area contributed by atoms with Crippen molar-refractivity contribution in [3.8, 4) is 0 Å². The second-order valence-corrected chi connectivity index (χ2v) is 1.28. The molecule has 0 nitrogen and oxygen atoms in total. The summed E-state index contributed by atoms with van der Waals surface area (Å²) < 4.78 is 0. The van der Waals surface area contributed by atoms with Gasteiger partial charge in [-0.05, 0) is 19.1 Å². The van der Waals surface area contributed by atoms with Crippen LogP contribution in [-0.2, 0) is 0 Å². The van der Waals surface area contributed by atoms with Crippen LogP contribution in [0.4, 0.5) is 0 Å². The molecular weight excluding hydrogens is 84.1 g/mol. The maximum absolute atomic E-state index is 6.86. The van der Waals surface area contributed by atoms with E-state index in [1.165, 1.54) is 0 Å². The van der Waals surface area contributed by atoms with Crippen LogP contribution in [-0.4, -0.2) is 0 Å². The van der Waals surface area contributed by atoms with Gasteiger partial charge < -0.3 is 0 Å². The first-order chi connectivity index (χ1) is 3.27. The van der Waals surface area contributed by atoms with Gasteiger partial charge in [0.2, 0.25) is 0 Å². The highest BCUT2D eigenvalue weighted by Crippen LogP contribution is 1.86. The summed E-state index contributed by atoms with van der Waals surface area (Å²) in [6.45, 7) is 12.0. The van der Waals surface area contributed by atoms with E-state index in [0.717, 1.165) is 0 Å². The first kappa shape index (κ1) is 6.22. The highest BCUT2D eigenvalue weighted by molar-refractivity contribution is 5.13. The molecule has 0 heterocycles. The van der Waals surface area contributed by atoms with Gasteiger partial charge in [-0.25, -0.2) is 0 Å². The van der Waals surface area contributed by atoms with Crippen LogP contribution in [0.3, 0.4) is 0 Å². The molecule has 0 saturated heterocycles. The van der Waals surface area contributed by atoms with E-state index in [2.05, 4.69) is 6.58 Å². The lowest BCUT2D eigenvalue weighted by Gasteiger charge is -1.76. The third-order valence-corrected chi connectivity index (χ3v) is 0.482. The number of hydrogen-bond acceptors (Lipinski definition) is 0. The van der Waals surface area contributed by atoms with E-state index in [1.54, 1.807) is 25.2 Å². The van der Waals surface area contributed by atoms with E-state index in [9.17, 15) is 0 Å². The van der Waals surface area contributed by atoms with Crippen molar-refractivity contribution in [3.05, 3.63) is 37.0 Å². The molecule has 0 fully saturated rings. The third-order valence-electron chi connectivity index (χ3n) is 0.482. The topological polar surface area (TPSA) is 0 Å². The lowest BCUT2D eigenvalue weighted by Crippen LogP contribution is -1.56.